The summed E-state index contributed by atoms with van der Waals surface area (Å²) in [5.41, 5.74) is 0.532. The van der Waals surface area contributed by atoms with E-state index in [1.807, 2.05) is 0 Å². The minimum Gasteiger partial charge on any atom is -0.466 e. The molecule has 0 aliphatic carbocycles. The van der Waals surface area contributed by atoms with Gasteiger partial charge in [-0.3, -0.25) is 14.9 Å². The molecule has 1 unspecified atom stereocenters. The van der Waals surface area contributed by atoms with E-state index in [0.29, 0.717) is 43.3 Å². The Labute approximate surface area is 138 Å². The highest BCUT2D eigenvalue weighted by Gasteiger charge is 2.44. The molecular formula is C16H21F2N3O3. The summed E-state index contributed by atoms with van der Waals surface area (Å²) in [6.07, 6.45) is -0.460. The van der Waals surface area contributed by atoms with Crippen LogP contribution in [0.2, 0.25) is 0 Å². The fourth-order valence-electron chi connectivity index (χ4n) is 3.25. The average Bonchev–Trinajstić information content (AvgIpc) is 3.07. The second-order valence-electron chi connectivity index (χ2n) is 6.44. The molecule has 0 aromatic carbocycles. The first-order chi connectivity index (χ1) is 11.3. The van der Waals surface area contributed by atoms with Crippen molar-refractivity contribution in [2.24, 2.45) is 0 Å². The minimum absolute atomic E-state index is 0.123. The van der Waals surface area contributed by atoms with Gasteiger partial charge < -0.3 is 14.2 Å². The Bertz CT molecular complexity index is 651. The third kappa shape index (κ3) is 3.28. The Kier molecular flexibility index (Phi) is 4.33. The van der Waals surface area contributed by atoms with Gasteiger partial charge in [-0.05, 0) is 19.9 Å². The lowest BCUT2D eigenvalue weighted by atomic mass is 10.1. The highest BCUT2D eigenvalue weighted by atomic mass is 19.3. The number of alkyl halides is 2. The smallest absolute Gasteiger partial charge is 0.262 e. The largest absolute Gasteiger partial charge is 0.466 e. The molecule has 0 spiro atoms. The van der Waals surface area contributed by atoms with Crippen LogP contribution in [0.1, 0.15) is 28.3 Å². The summed E-state index contributed by atoms with van der Waals surface area (Å²) in [5, 5.41) is 2.58. The molecule has 2 aliphatic heterocycles. The molecule has 2 fully saturated rings. The zero-order valence-electron chi connectivity index (χ0n) is 13.8. The van der Waals surface area contributed by atoms with Crippen molar-refractivity contribution in [3.63, 3.8) is 0 Å². The van der Waals surface area contributed by atoms with Crippen molar-refractivity contribution in [2.45, 2.75) is 32.2 Å². The van der Waals surface area contributed by atoms with Crippen molar-refractivity contribution < 1.29 is 22.8 Å². The Morgan fingerprint density at radius 1 is 1.21 bits per heavy atom. The molecule has 1 aromatic heterocycles. The monoisotopic (exact) mass is 341 g/mol. The first-order valence-corrected chi connectivity index (χ1v) is 8.03. The number of nitrogens with zero attached hydrogens (tertiary/aromatic N) is 2. The van der Waals surface area contributed by atoms with Crippen LogP contribution < -0.4 is 5.32 Å². The van der Waals surface area contributed by atoms with Crippen LogP contribution in [0.25, 0.3) is 0 Å². The van der Waals surface area contributed by atoms with Gasteiger partial charge in [-0.15, -0.1) is 0 Å². The number of amides is 2. The van der Waals surface area contributed by atoms with Crippen molar-refractivity contribution in [3.05, 3.63) is 23.2 Å². The van der Waals surface area contributed by atoms with Gasteiger partial charge in [0.2, 0.25) is 5.91 Å². The van der Waals surface area contributed by atoms with Gasteiger partial charge in [-0.2, -0.15) is 0 Å². The van der Waals surface area contributed by atoms with Gasteiger partial charge in [-0.25, -0.2) is 8.78 Å². The predicted octanol–water partition coefficient (Wildman–Crippen LogP) is 1.18. The van der Waals surface area contributed by atoms with E-state index < -0.39 is 24.9 Å². The summed E-state index contributed by atoms with van der Waals surface area (Å²) in [4.78, 5) is 28.0. The van der Waals surface area contributed by atoms with Crippen LogP contribution in [0.3, 0.4) is 0 Å². The molecule has 0 radical (unpaired) electrons. The molecule has 6 nitrogen and oxygen atoms in total. The molecule has 0 bridgehead atoms. The summed E-state index contributed by atoms with van der Waals surface area (Å²) in [6, 6.07) is 0.876. The van der Waals surface area contributed by atoms with E-state index in [-0.39, 0.29) is 11.8 Å². The van der Waals surface area contributed by atoms with E-state index in [1.54, 1.807) is 29.7 Å². The molecule has 3 rings (SSSR count). The summed E-state index contributed by atoms with van der Waals surface area (Å²) < 4.78 is 31.8. The maximum absolute atomic E-state index is 13.2. The molecular weight excluding hydrogens is 320 g/mol. The lowest BCUT2D eigenvalue weighted by Gasteiger charge is -2.35. The quantitative estimate of drug-likeness (QED) is 0.877. The summed E-state index contributed by atoms with van der Waals surface area (Å²) in [7, 11) is 0. The van der Waals surface area contributed by atoms with Crippen LogP contribution in [0.15, 0.2) is 10.5 Å². The van der Waals surface area contributed by atoms with Gasteiger partial charge >= 0.3 is 0 Å². The second kappa shape index (κ2) is 6.16. The van der Waals surface area contributed by atoms with Crippen LogP contribution in [0.4, 0.5) is 8.78 Å². The molecule has 0 saturated carbocycles. The number of hydrogen-bond acceptors (Lipinski definition) is 4. The fraction of sp³-hybridized carbons (Fsp3) is 0.625. The van der Waals surface area contributed by atoms with E-state index in [0.717, 1.165) is 0 Å². The Balaban J connectivity index is 1.57. The Morgan fingerprint density at radius 3 is 2.33 bits per heavy atom. The number of hydrogen-bond donors (Lipinski definition) is 1. The number of rotatable bonds is 2. The highest BCUT2D eigenvalue weighted by molar-refractivity contribution is 5.95. The number of furan rings is 1. The molecule has 1 aromatic rings. The highest BCUT2D eigenvalue weighted by Crippen LogP contribution is 2.26. The first-order valence-electron chi connectivity index (χ1n) is 8.03. The van der Waals surface area contributed by atoms with Crippen LogP contribution in [-0.2, 0) is 4.79 Å². The van der Waals surface area contributed by atoms with E-state index >= 15 is 0 Å². The zero-order valence-corrected chi connectivity index (χ0v) is 13.8. The standard InChI is InChI=1S/C16H21F2N3O3/c1-10-7-12(11(2)24-10)14(22)20-3-5-21(6-4-20)15(23)13-8-16(17,18)9-19-13/h7,13,19H,3-6,8-9H2,1-2H3. The maximum Gasteiger partial charge on any atom is 0.262 e. The van der Waals surface area contributed by atoms with E-state index in [4.69, 9.17) is 4.42 Å². The Hall–Kier alpha value is -1.96. The Morgan fingerprint density at radius 2 is 1.83 bits per heavy atom. The average molecular weight is 341 g/mol. The number of aryl methyl sites for hydroxylation is 2. The van der Waals surface area contributed by atoms with Crippen LogP contribution in [-0.4, -0.2) is 66.3 Å². The molecule has 1 atom stereocenters. The van der Waals surface area contributed by atoms with E-state index in [1.165, 1.54) is 0 Å². The SMILES string of the molecule is Cc1cc(C(=O)N2CCN(C(=O)C3CC(F)(F)CN3)CC2)c(C)o1. The number of piperazine rings is 1. The van der Waals surface area contributed by atoms with Crippen molar-refractivity contribution in [2.75, 3.05) is 32.7 Å². The molecule has 24 heavy (non-hydrogen) atoms. The summed E-state index contributed by atoms with van der Waals surface area (Å²) >= 11 is 0. The van der Waals surface area contributed by atoms with Crippen LogP contribution >= 0.6 is 0 Å². The molecule has 2 aliphatic rings. The molecule has 132 valence electrons. The van der Waals surface area contributed by atoms with E-state index in [2.05, 4.69) is 5.32 Å². The summed E-state index contributed by atoms with van der Waals surface area (Å²) in [6.45, 7) is 4.54. The van der Waals surface area contributed by atoms with Crippen LogP contribution in [0, 0.1) is 13.8 Å². The number of nitrogens with one attached hydrogen (secondary N) is 1. The maximum atomic E-state index is 13.2. The van der Waals surface area contributed by atoms with Crippen molar-refractivity contribution in [1.29, 1.82) is 0 Å². The fourth-order valence-corrected chi connectivity index (χ4v) is 3.25. The normalized spacial score (nSPS) is 23.6. The molecule has 2 amide bonds. The van der Waals surface area contributed by atoms with Gasteiger partial charge in [0.25, 0.3) is 11.8 Å². The van der Waals surface area contributed by atoms with Gasteiger partial charge in [0.05, 0.1) is 18.2 Å². The second-order valence-corrected chi connectivity index (χ2v) is 6.44. The van der Waals surface area contributed by atoms with Gasteiger partial charge in [0, 0.05) is 32.6 Å². The molecule has 2 saturated heterocycles. The number of halogens is 2. The van der Waals surface area contributed by atoms with Crippen molar-refractivity contribution >= 4 is 11.8 Å². The first kappa shape index (κ1) is 16.9. The van der Waals surface area contributed by atoms with Crippen molar-refractivity contribution in [3.8, 4) is 0 Å². The lowest BCUT2D eigenvalue weighted by Crippen LogP contribution is -2.54. The molecule has 3 heterocycles. The van der Waals surface area contributed by atoms with Gasteiger partial charge in [-0.1, -0.05) is 0 Å². The third-order valence-electron chi connectivity index (χ3n) is 4.56. The van der Waals surface area contributed by atoms with E-state index in [9.17, 15) is 18.4 Å². The topological polar surface area (TPSA) is 65.8 Å². The number of carbonyl (C=O) groups is 2. The zero-order chi connectivity index (χ0) is 17.5. The van der Waals surface area contributed by atoms with Gasteiger partial charge in [0.1, 0.15) is 11.5 Å². The van der Waals surface area contributed by atoms with Crippen LogP contribution in [0.5, 0.6) is 0 Å². The predicted molar refractivity (Wildman–Crippen MR) is 82.0 cm³/mol. The number of carbonyl (C=O) groups excluding carboxylic acids is 2. The van der Waals surface area contributed by atoms with Gasteiger partial charge in [0.15, 0.2) is 0 Å². The molecule has 1 N–H and O–H groups in total. The van der Waals surface area contributed by atoms with Crippen molar-refractivity contribution in [1.82, 2.24) is 15.1 Å². The minimum atomic E-state index is -2.82. The lowest BCUT2D eigenvalue weighted by molar-refractivity contribution is -0.135. The third-order valence-corrected chi connectivity index (χ3v) is 4.56. The molecule has 8 heteroatoms. The summed E-state index contributed by atoms with van der Waals surface area (Å²) in [5.74, 6) is -2.00.